The summed E-state index contributed by atoms with van der Waals surface area (Å²) in [5.74, 6) is 4.88. The van der Waals surface area contributed by atoms with E-state index in [0.717, 1.165) is 0 Å². The number of anilines is 1. The second kappa shape index (κ2) is 6.51. The summed E-state index contributed by atoms with van der Waals surface area (Å²) >= 11 is 0. The van der Waals surface area contributed by atoms with Gasteiger partial charge in [0.25, 0.3) is 5.91 Å². The number of alkyl halides is 3. The monoisotopic (exact) mass is 291 g/mol. The molecule has 0 aromatic carbocycles. The van der Waals surface area contributed by atoms with Crippen molar-refractivity contribution in [1.82, 2.24) is 15.3 Å². The van der Waals surface area contributed by atoms with E-state index in [2.05, 4.69) is 20.7 Å². The third-order valence-electron chi connectivity index (χ3n) is 2.39. The maximum absolute atomic E-state index is 12.0. The van der Waals surface area contributed by atoms with Gasteiger partial charge in [0, 0.05) is 12.5 Å². The Hall–Kier alpha value is -1.90. The fraction of sp³-hybridized carbons (Fsp3) is 0.545. The first-order valence-corrected chi connectivity index (χ1v) is 5.93. The summed E-state index contributed by atoms with van der Waals surface area (Å²) in [5, 5.41) is 2.15. The maximum atomic E-state index is 12.0. The van der Waals surface area contributed by atoms with E-state index in [1.54, 1.807) is 0 Å². The number of carbonyl (C=O) groups excluding carboxylic acids is 1. The van der Waals surface area contributed by atoms with Crippen LogP contribution in [0.25, 0.3) is 0 Å². The van der Waals surface area contributed by atoms with Crippen molar-refractivity contribution in [3.8, 4) is 0 Å². The molecule has 20 heavy (non-hydrogen) atoms. The van der Waals surface area contributed by atoms with Gasteiger partial charge < -0.3 is 10.7 Å². The highest BCUT2D eigenvalue weighted by Crippen LogP contribution is 2.19. The summed E-state index contributed by atoms with van der Waals surface area (Å²) in [6, 6.07) is 0. The lowest BCUT2D eigenvalue weighted by molar-refractivity contribution is -0.132. The first kappa shape index (κ1) is 16.2. The summed E-state index contributed by atoms with van der Waals surface area (Å²) in [7, 11) is 0. The van der Waals surface area contributed by atoms with Crippen molar-refractivity contribution in [1.29, 1.82) is 0 Å². The number of halogens is 3. The van der Waals surface area contributed by atoms with Crippen LogP contribution in [0.4, 0.5) is 18.9 Å². The van der Waals surface area contributed by atoms with Gasteiger partial charge in [-0.2, -0.15) is 13.2 Å². The Kier molecular flexibility index (Phi) is 5.26. The number of nitrogens with one attached hydrogen (secondary N) is 2. The number of nitrogens with zero attached hydrogens (tertiary/aromatic N) is 2. The van der Waals surface area contributed by atoms with Gasteiger partial charge in [0.05, 0.1) is 18.3 Å². The fourth-order valence-corrected chi connectivity index (χ4v) is 1.35. The van der Waals surface area contributed by atoms with Gasteiger partial charge >= 0.3 is 6.18 Å². The van der Waals surface area contributed by atoms with Gasteiger partial charge in [-0.25, -0.2) is 9.97 Å². The summed E-state index contributed by atoms with van der Waals surface area (Å²) in [4.78, 5) is 19.8. The van der Waals surface area contributed by atoms with Crippen LogP contribution in [0.3, 0.4) is 0 Å². The number of hydrogen-bond acceptors (Lipinski definition) is 5. The molecule has 0 aliphatic carbocycles. The predicted octanol–water partition coefficient (Wildman–Crippen LogP) is 1.57. The molecule has 0 fully saturated rings. The quantitative estimate of drug-likeness (QED) is 0.565. The second-order valence-electron chi connectivity index (χ2n) is 4.41. The van der Waals surface area contributed by atoms with Crippen molar-refractivity contribution in [3.63, 3.8) is 0 Å². The fourth-order valence-electron chi connectivity index (χ4n) is 1.35. The summed E-state index contributed by atoms with van der Waals surface area (Å²) in [5.41, 5.74) is 2.32. The highest BCUT2D eigenvalue weighted by molar-refractivity contribution is 5.97. The van der Waals surface area contributed by atoms with Gasteiger partial charge in [-0.05, 0) is 0 Å². The lowest BCUT2D eigenvalue weighted by atomic mass is 10.2. The maximum Gasteiger partial charge on any atom is 0.390 e. The summed E-state index contributed by atoms with van der Waals surface area (Å²) < 4.78 is 36.0. The van der Waals surface area contributed by atoms with Crippen molar-refractivity contribution >= 4 is 11.6 Å². The van der Waals surface area contributed by atoms with Crippen LogP contribution in [0.15, 0.2) is 6.20 Å². The molecule has 112 valence electrons. The average Bonchev–Trinajstić information content (AvgIpc) is 2.36. The zero-order chi connectivity index (χ0) is 15.3. The standard InChI is InChI=1S/C11H16F3N5O/c1-6(2)9-17-5-7(19-15)8(18-9)10(20)16-4-3-11(12,13)14/h5-6,19H,3-4,15H2,1-2H3,(H,16,20). The minimum Gasteiger partial charge on any atom is -0.350 e. The molecule has 0 unspecified atom stereocenters. The number of amides is 1. The number of hydrogen-bond donors (Lipinski definition) is 3. The number of nitrogens with two attached hydrogens (primary N) is 1. The van der Waals surface area contributed by atoms with E-state index < -0.39 is 25.0 Å². The van der Waals surface area contributed by atoms with Crippen LogP contribution in [0.2, 0.25) is 0 Å². The van der Waals surface area contributed by atoms with E-state index in [-0.39, 0.29) is 17.3 Å². The normalized spacial score (nSPS) is 11.6. The van der Waals surface area contributed by atoms with Gasteiger partial charge in [-0.15, -0.1) is 0 Å². The van der Waals surface area contributed by atoms with Crippen LogP contribution in [0, 0.1) is 0 Å². The Bertz CT molecular complexity index is 476. The van der Waals surface area contributed by atoms with Crippen molar-refractivity contribution in [2.45, 2.75) is 32.4 Å². The molecule has 6 nitrogen and oxygen atoms in total. The van der Waals surface area contributed by atoms with Crippen molar-refractivity contribution in [2.75, 3.05) is 12.0 Å². The summed E-state index contributed by atoms with van der Waals surface area (Å²) in [6.45, 7) is 3.14. The molecule has 0 spiro atoms. The largest absolute Gasteiger partial charge is 0.390 e. The Morgan fingerprint density at radius 2 is 2.10 bits per heavy atom. The van der Waals surface area contributed by atoms with E-state index in [1.807, 2.05) is 13.8 Å². The zero-order valence-electron chi connectivity index (χ0n) is 11.1. The molecule has 0 bridgehead atoms. The van der Waals surface area contributed by atoms with Crippen LogP contribution in [-0.2, 0) is 0 Å². The second-order valence-corrected chi connectivity index (χ2v) is 4.41. The molecule has 1 rings (SSSR count). The van der Waals surface area contributed by atoms with Gasteiger partial charge in [0.2, 0.25) is 0 Å². The highest BCUT2D eigenvalue weighted by atomic mass is 19.4. The number of nitrogen functional groups attached to an aromatic ring is 1. The Labute approximate surface area is 113 Å². The first-order chi connectivity index (χ1) is 9.24. The van der Waals surface area contributed by atoms with E-state index >= 15 is 0 Å². The highest BCUT2D eigenvalue weighted by Gasteiger charge is 2.27. The Balaban J connectivity index is 2.82. The first-order valence-electron chi connectivity index (χ1n) is 5.93. The smallest absolute Gasteiger partial charge is 0.350 e. The van der Waals surface area contributed by atoms with Crippen molar-refractivity contribution < 1.29 is 18.0 Å². The molecule has 4 N–H and O–H groups in total. The third kappa shape index (κ3) is 4.65. The van der Waals surface area contributed by atoms with Crippen molar-refractivity contribution in [3.05, 3.63) is 17.7 Å². The minimum atomic E-state index is -4.32. The molecule has 0 aliphatic heterocycles. The third-order valence-corrected chi connectivity index (χ3v) is 2.39. The molecule has 0 radical (unpaired) electrons. The van der Waals surface area contributed by atoms with Gasteiger partial charge in [-0.1, -0.05) is 13.8 Å². The van der Waals surface area contributed by atoms with Crippen LogP contribution >= 0.6 is 0 Å². The molecule has 1 amide bonds. The number of rotatable bonds is 5. The SMILES string of the molecule is CC(C)c1ncc(NN)c(C(=O)NCCC(F)(F)F)n1. The lowest BCUT2D eigenvalue weighted by Gasteiger charge is -2.12. The molecular weight excluding hydrogens is 275 g/mol. The molecule has 0 aliphatic rings. The van der Waals surface area contributed by atoms with Gasteiger partial charge in [0.1, 0.15) is 5.82 Å². The Morgan fingerprint density at radius 1 is 1.45 bits per heavy atom. The average molecular weight is 291 g/mol. The van der Waals surface area contributed by atoms with Crippen LogP contribution in [0.1, 0.15) is 42.5 Å². The lowest BCUT2D eigenvalue weighted by Crippen LogP contribution is -2.30. The Morgan fingerprint density at radius 3 is 2.60 bits per heavy atom. The van der Waals surface area contributed by atoms with E-state index in [0.29, 0.717) is 5.82 Å². The summed E-state index contributed by atoms with van der Waals surface area (Å²) in [6.07, 6.45) is -4.11. The molecule has 9 heteroatoms. The van der Waals surface area contributed by atoms with E-state index in [4.69, 9.17) is 5.84 Å². The number of hydrazine groups is 1. The van der Waals surface area contributed by atoms with Crippen LogP contribution in [-0.4, -0.2) is 28.6 Å². The molecule has 0 saturated heterocycles. The molecule has 0 atom stereocenters. The number of carbonyl (C=O) groups is 1. The van der Waals surface area contributed by atoms with Gasteiger partial charge in [0.15, 0.2) is 5.69 Å². The predicted molar refractivity (Wildman–Crippen MR) is 66.9 cm³/mol. The molecule has 0 saturated carbocycles. The molecule has 1 heterocycles. The van der Waals surface area contributed by atoms with Crippen LogP contribution in [0.5, 0.6) is 0 Å². The number of aromatic nitrogens is 2. The topological polar surface area (TPSA) is 92.9 Å². The molecule has 1 aromatic heterocycles. The molecular formula is C11H16F3N5O. The van der Waals surface area contributed by atoms with Crippen molar-refractivity contribution in [2.24, 2.45) is 5.84 Å². The van der Waals surface area contributed by atoms with Gasteiger partial charge in [-0.3, -0.25) is 10.6 Å². The van der Waals surface area contributed by atoms with E-state index in [9.17, 15) is 18.0 Å². The van der Waals surface area contributed by atoms with Crippen LogP contribution < -0.4 is 16.6 Å². The molecule has 1 aromatic rings. The van der Waals surface area contributed by atoms with E-state index in [1.165, 1.54) is 6.20 Å². The minimum absolute atomic E-state index is 0.0245. The zero-order valence-corrected chi connectivity index (χ0v) is 11.1.